The van der Waals surface area contributed by atoms with Crippen molar-refractivity contribution in [2.45, 2.75) is 58.9 Å². The normalized spacial score (nSPS) is 23.2. The van der Waals surface area contributed by atoms with E-state index >= 15 is 0 Å². The first-order valence-corrected chi connectivity index (χ1v) is 8.52. The largest absolute Gasteiger partial charge is 0.496 e. The van der Waals surface area contributed by atoms with E-state index in [2.05, 4.69) is 44.3 Å². The highest BCUT2D eigenvalue weighted by Gasteiger charge is 2.31. The first-order valence-electron chi connectivity index (χ1n) is 8.52. The molecule has 1 aliphatic carbocycles. The molecule has 1 saturated carbocycles. The summed E-state index contributed by atoms with van der Waals surface area (Å²) in [6, 6.07) is 7.12. The Bertz CT molecular complexity index is 443. The summed E-state index contributed by atoms with van der Waals surface area (Å²) in [5.74, 6) is 2.69. The minimum absolute atomic E-state index is 0.582. The van der Waals surface area contributed by atoms with Crippen molar-refractivity contribution in [3.63, 3.8) is 0 Å². The molecule has 1 aliphatic rings. The van der Waals surface area contributed by atoms with Crippen molar-refractivity contribution in [2.24, 2.45) is 11.8 Å². The molecule has 21 heavy (non-hydrogen) atoms. The highest BCUT2D eigenvalue weighted by Crippen LogP contribution is 2.35. The lowest BCUT2D eigenvalue weighted by Gasteiger charge is -2.29. The summed E-state index contributed by atoms with van der Waals surface area (Å²) >= 11 is 0. The first kappa shape index (κ1) is 16.4. The molecular formula is C19H31NO. The Morgan fingerprint density at radius 2 is 2.14 bits per heavy atom. The molecule has 0 heterocycles. The molecule has 3 unspecified atom stereocenters. The van der Waals surface area contributed by atoms with E-state index in [-0.39, 0.29) is 0 Å². The smallest absolute Gasteiger partial charge is 0.122 e. The van der Waals surface area contributed by atoms with E-state index < -0.39 is 0 Å². The first-order chi connectivity index (χ1) is 10.2. The third kappa shape index (κ3) is 4.23. The van der Waals surface area contributed by atoms with Crippen LogP contribution in [0.3, 0.4) is 0 Å². The molecule has 1 aromatic carbocycles. The average Bonchev–Trinajstić information content (AvgIpc) is 2.90. The second-order valence-electron chi connectivity index (χ2n) is 6.65. The number of rotatable bonds is 7. The zero-order valence-corrected chi connectivity index (χ0v) is 14.1. The molecule has 2 rings (SSSR count). The summed E-state index contributed by atoms with van der Waals surface area (Å²) in [6.45, 7) is 7.94. The molecule has 2 heteroatoms. The molecule has 2 nitrogen and oxygen atoms in total. The van der Waals surface area contributed by atoms with E-state index in [0.29, 0.717) is 6.04 Å². The molecule has 0 amide bonds. The number of aryl methyl sites for hydroxylation is 1. The maximum atomic E-state index is 5.57. The molecule has 0 spiro atoms. The lowest BCUT2D eigenvalue weighted by Crippen LogP contribution is -2.39. The van der Waals surface area contributed by atoms with Gasteiger partial charge in [0, 0.05) is 6.04 Å². The van der Waals surface area contributed by atoms with Crippen molar-refractivity contribution in [1.29, 1.82) is 0 Å². The van der Waals surface area contributed by atoms with Gasteiger partial charge >= 0.3 is 0 Å². The van der Waals surface area contributed by atoms with Crippen molar-refractivity contribution in [3.05, 3.63) is 29.3 Å². The van der Waals surface area contributed by atoms with Crippen LogP contribution < -0.4 is 10.1 Å². The Labute approximate surface area is 130 Å². The molecule has 0 radical (unpaired) electrons. The third-order valence-corrected chi connectivity index (χ3v) is 4.98. The second kappa shape index (κ2) is 7.84. The fourth-order valence-corrected chi connectivity index (χ4v) is 3.78. The van der Waals surface area contributed by atoms with Gasteiger partial charge in [-0.3, -0.25) is 0 Å². The van der Waals surface area contributed by atoms with Crippen LogP contribution in [0.1, 0.15) is 50.7 Å². The van der Waals surface area contributed by atoms with Crippen molar-refractivity contribution in [2.75, 3.05) is 13.7 Å². The summed E-state index contributed by atoms with van der Waals surface area (Å²) in [7, 11) is 1.78. The van der Waals surface area contributed by atoms with Gasteiger partial charge in [-0.05, 0) is 56.2 Å². The van der Waals surface area contributed by atoms with Gasteiger partial charge in [-0.15, -0.1) is 0 Å². The van der Waals surface area contributed by atoms with E-state index in [1.54, 1.807) is 7.11 Å². The zero-order chi connectivity index (χ0) is 15.2. The Kier molecular flexibility index (Phi) is 6.10. The van der Waals surface area contributed by atoms with Gasteiger partial charge in [-0.25, -0.2) is 0 Å². The highest BCUT2D eigenvalue weighted by molar-refractivity contribution is 5.37. The van der Waals surface area contributed by atoms with Crippen LogP contribution in [0.4, 0.5) is 0 Å². The molecule has 118 valence electrons. The maximum Gasteiger partial charge on any atom is 0.122 e. The lowest BCUT2D eigenvalue weighted by molar-refractivity contribution is 0.292. The Morgan fingerprint density at radius 1 is 1.33 bits per heavy atom. The van der Waals surface area contributed by atoms with Crippen LogP contribution >= 0.6 is 0 Å². The van der Waals surface area contributed by atoms with Crippen LogP contribution in [0.25, 0.3) is 0 Å². The predicted molar refractivity (Wildman–Crippen MR) is 90.0 cm³/mol. The number of hydrogen-bond acceptors (Lipinski definition) is 2. The molecule has 0 bridgehead atoms. The Morgan fingerprint density at radius 3 is 2.76 bits per heavy atom. The number of hydrogen-bond donors (Lipinski definition) is 1. The fourth-order valence-electron chi connectivity index (χ4n) is 3.78. The number of benzene rings is 1. The van der Waals surface area contributed by atoms with E-state index in [1.165, 1.54) is 36.8 Å². The summed E-state index contributed by atoms with van der Waals surface area (Å²) in [6.07, 6.45) is 6.43. The fraction of sp³-hybridized carbons (Fsp3) is 0.684. The average molecular weight is 289 g/mol. The molecule has 1 fully saturated rings. The standard InChI is InChI=1S/C19H31NO/c1-5-11-20-18(17-8-6-7-15(17)3)13-16-12-14(2)9-10-19(16)21-4/h9-10,12,15,17-18,20H,5-8,11,13H2,1-4H3. The summed E-state index contributed by atoms with van der Waals surface area (Å²) in [4.78, 5) is 0. The molecule has 1 N–H and O–H groups in total. The van der Waals surface area contributed by atoms with Crippen molar-refractivity contribution in [1.82, 2.24) is 5.32 Å². The number of ether oxygens (including phenoxy) is 1. The van der Waals surface area contributed by atoms with E-state index in [4.69, 9.17) is 4.74 Å². The minimum atomic E-state index is 0.582. The van der Waals surface area contributed by atoms with Crippen LogP contribution in [-0.4, -0.2) is 19.7 Å². The molecule has 1 aromatic rings. The van der Waals surface area contributed by atoms with Crippen LogP contribution in [0.5, 0.6) is 5.75 Å². The van der Waals surface area contributed by atoms with Gasteiger partial charge in [0.1, 0.15) is 5.75 Å². The van der Waals surface area contributed by atoms with E-state index in [1.807, 2.05) is 0 Å². The van der Waals surface area contributed by atoms with Gasteiger partial charge in [-0.1, -0.05) is 44.4 Å². The van der Waals surface area contributed by atoms with Gasteiger partial charge in [0.25, 0.3) is 0 Å². The quantitative estimate of drug-likeness (QED) is 0.805. The van der Waals surface area contributed by atoms with Crippen LogP contribution in [0, 0.1) is 18.8 Å². The van der Waals surface area contributed by atoms with Crippen LogP contribution in [0.2, 0.25) is 0 Å². The lowest BCUT2D eigenvalue weighted by atomic mass is 9.86. The van der Waals surface area contributed by atoms with Crippen molar-refractivity contribution >= 4 is 0 Å². The van der Waals surface area contributed by atoms with E-state index in [9.17, 15) is 0 Å². The van der Waals surface area contributed by atoms with Gasteiger partial charge < -0.3 is 10.1 Å². The number of methoxy groups -OCH3 is 1. The molecular weight excluding hydrogens is 258 g/mol. The number of nitrogens with one attached hydrogen (secondary N) is 1. The predicted octanol–water partition coefficient (Wildman–Crippen LogP) is 4.35. The van der Waals surface area contributed by atoms with Crippen LogP contribution in [-0.2, 0) is 6.42 Å². The molecule has 0 aliphatic heterocycles. The molecule has 3 atom stereocenters. The molecule has 0 saturated heterocycles. The second-order valence-corrected chi connectivity index (χ2v) is 6.65. The summed E-state index contributed by atoms with van der Waals surface area (Å²) in [5.41, 5.74) is 2.67. The van der Waals surface area contributed by atoms with Gasteiger partial charge in [0.15, 0.2) is 0 Å². The summed E-state index contributed by atoms with van der Waals surface area (Å²) < 4.78 is 5.57. The van der Waals surface area contributed by atoms with Gasteiger partial charge in [0.05, 0.1) is 7.11 Å². The van der Waals surface area contributed by atoms with Gasteiger partial charge in [0.2, 0.25) is 0 Å². The minimum Gasteiger partial charge on any atom is -0.496 e. The van der Waals surface area contributed by atoms with Crippen LogP contribution in [0.15, 0.2) is 18.2 Å². The Balaban J connectivity index is 2.15. The van der Waals surface area contributed by atoms with E-state index in [0.717, 1.165) is 30.6 Å². The summed E-state index contributed by atoms with van der Waals surface area (Å²) in [5, 5.41) is 3.81. The van der Waals surface area contributed by atoms with Crippen molar-refractivity contribution < 1.29 is 4.74 Å². The maximum absolute atomic E-state index is 5.57. The zero-order valence-electron chi connectivity index (χ0n) is 14.1. The SMILES string of the molecule is CCCNC(Cc1cc(C)ccc1OC)C1CCCC1C. The van der Waals surface area contributed by atoms with Crippen molar-refractivity contribution in [3.8, 4) is 5.75 Å². The highest BCUT2D eigenvalue weighted by atomic mass is 16.5. The topological polar surface area (TPSA) is 21.3 Å². The third-order valence-electron chi connectivity index (χ3n) is 4.98. The molecule has 0 aromatic heterocycles. The Hall–Kier alpha value is -1.02. The van der Waals surface area contributed by atoms with Gasteiger partial charge in [-0.2, -0.15) is 0 Å². The monoisotopic (exact) mass is 289 g/mol.